The molecule has 4 aromatic rings. The number of hydrogen-bond acceptors (Lipinski definition) is 3. The van der Waals surface area contributed by atoms with Crippen LogP contribution in [0.3, 0.4) is 0 Å². The van der Waals surface area contributed by atoms with Crippen LogP contribution in [0.4, 0.5) is 5.82 Å². The molecule has 1 N–H and O–H groups in total. The summed E-state index contributed by atoms with van der Waals surface area (Å²) in [6.07, 6.45) is 3.72. The van der Waals surface area contributed by atoms with E-state index in [4.69, 9.17) is 4.74 Å². The van der Waals surface area contributed by atoms with Crippen LogP contribution >= 0.6 is 0 Å². The van der Waals surface area contributed by atoms with Gasteiger partial charge in [-0.25, -0.2) is 4.98 Å². The van der Waals surface area contributed by atoms with E-state index in [0.29, 0.717) is 6.54 Å². The lowest BCUT2D eigenvalue weighted by atomic mass is 9.96. The second-order valence-corrected chi connectivity index (χ2v) is 6.67. The van der Waals surface area contributed by atoms with E-state index in [2.05, 4.69) is 60.5 Å². The molecular formula is C22H23N3O. The van der Waals surface area contributed by atoms with Crippen LogP contribution in [-0.4, -0.2) is 23.2 Å². The number of nitrogens with one attached hydrogen (secondary N) is 1. The maximum absolute atomic E-state index is 5.47. The highest BCUT2D eigenvalue weighted by atomic mass is 16.5. The summed E-state index contributed by atoms with van der Waals surface area (Å²) >= 11 is 0. The fourth-order valence-corrected chi connectivity index (χ4v) is 4.08. The molecule has 2 aromatic heterocycles. The molecule has 0 spiro atoms. The van der Waals surface area contributed by atoms with Crippen LogP contribution in [0.1, 0.15) is 11.1 Å². The molecule has 2 aromatic carbocycles. The van der Waals surface area contributed by atoms with Gasteiger partial charge in [-0.2, -0.15) is 0 Å². The predicted molar refractivity (Wildman–Crippen MR) is 110 cm³/mol. The van der Waals surface area contributed by atoms with E-state index in [1.807, 2.05) is 18.3 Å². The van der Waals surface area contributed by atoms with Gasteiger partial charge in [0.15, 0.2) is 0 Å². The van der Waals surface area contributed by atoms with Crippen molar-refractivity contribution in [3.05, 3.63) is 54.2 Å². The van der Waals surface area contributed by atoms with Crippen LogP contribution in [0.15, 0.2) is 43.1 Å². The molecule has 4 rings (SSSR count). The Morgan fingerprint density at radius 1 is 1.15 bits per heavy atom. The summed E-state index contributed by atoms with van der Waals surface area (Å²) in [5.74, 6) is 1.78. The Hall–Kier alpha value is -3.01. The number of nitrogens with zero attached hydrogens (tertiary/aromatic N) is 2. The largest absolute Gasteiger partial charge is 0.497 e. The number of pyridine rings is 1. The smallest absolute Gasteiger partial charge is 0.134 e. The average molecular weight is 345 g/mol. The lowest BCUT2D eigenvalue weighted by Crippen LogP contribution is -2.02. The third kappa shape index (κ3) is 2.18. The Morgan fingerprint density at radius 3 is 2.69 bits per heavy atom. The van der Waals surface area contributed by atoms with E-state index in [0.717, 1.165) is 11.6 Å². The van der Waals surface area contributed by atoms with Gasteiger partial charge in [-0.15, -0.1) is 6.58 Å². The first-order valence-corrected chi connectivity index (χ1v) is 8.77. The standard InChI is InChI=1S/C22H23N3O/c1-6-10-23-22-20-14(3)19-17-12-15(26-5)7-8-18(17)25(4)21(19)13(2)16(20)9-11-24-22/h6-9,11-12H,1,10H2,2-5H3,(H,23,24). The van der Waals surface area contributed by atoms with Crippen LogP contribution in [0.5, 0.6) is 5.75 Å². The third-order valence-electron chi connectivity index (χ3n) is 5.28. The van der Waals surface area contributed by atoms with Gasteiger partial charge in [0.2, 0.25) is 0 Å². The summed E-state index contributed by atoms with van der Waals surface area (Å²) in [5.41, 5.74) is 4.97. The first-order chi connectivity index (χ1) is 12.6. The van der Waals surface area contributed by atoms with Gasteiger partial charge in [0.25, 0.3) is 0 Å². The van der Waals surface area contributed by atoms with Crippen molar-refractivity contribution in [2.75, 3.05) is 19.0 Å². The molecule has 0 aliphatic heterocycles. The second-order valence-electron chi connectivity index (χ2n) is 6.67. The zero-order valence-electron chi connectivity index (χ0n) is 15.7. The van der Waals surface area contributed by atoms with Crippen LogP contribution in [0.25, 0.3) is 32.6 Å². The molecule has 0 aliphatic carbocycles. The number of rotatable bonds is 4. The highest BCUT2D eigenvalue weighted by Gasteiger charge is 2.19. The van der Waals surface area contributed by atoms with Crippen molar-refractivity contribution in [1.29, 1.82) is 0 Å². The average Bonchev–Trinajstić information content (AvgIpc) is 2.96. The fourth-order valence-electron chi connectivity index (χ4n) is 4.08. The van der Waals surface area contributed by atoms with Gasteiger partial charge < -0.3 is 14.6 Å². The lowest BCUT2D eigenvalue weighted by molar-refractivity contribution is 0.415. The Labute approximate surface area is 153 Å². The summed E-state index contributed by atoms with van der Waals surface area (Å²) < 4.78 is 7.75. The van der Waals surface area contributed by atoms with Gasteiger partial charge in [0.05, 0.1) is 12.6 Å². The first kappa shape index (κ1) is 16.5. The Balaban J connectivity index is 2.22. The van der Waals surface area contributed by atoms with Crippen molar-refractivity contribution >= 4 is 38.4 Å². The number of methoxy groups -OCH3 is 1. The molecule has 0 atom stereocenters. The second kappa shape index (κ2) is 6.06. The van der Waals surface area contributed by atoms with Crippen molar-refractivity contribution in [3.8, 4) is 5.75 Å². The number of ether oxygens (including phenoxy) is 1. The number of aromatic nitrogens is 2. The molecular weight excluding hydrogens is 322 g/mol. The summed E-state index contributed by atoms with van der Waals surface area (Å²) in [7, 11) is 3.84. The maximum atomic E-state index is 5.47. The van der Waals surface area contributed by atoms with Gasteiger partial charge in [-0.1, -0.05) is 6.08 Å². The molecule has 4 nitrogen and oxygen atoms in total. The molecule has 0 amide bonds. The fraction of sp³-hybridized carbons (Fsp3) is 0.227. The predicted octanol–water partition coefficient (Wildman–Crippen LogP) is 5.10. The normalized spacial score (nSPS) is 11.4. The molecule has 26 heavy (non-hydrogen) atoms. The van der Waals surface area contributed by atoms with Crippen molar-refractivity contribution in [1.82, 2.24) is 9.55 Å². The Bertz CT molecular complexity index is 1170. The third-order valence-corrected chi connectivity index (χ3v) is 5.28. The van der Waals surface area contributed by atoms with Crippen molar-refractivity contribution in [2.45, 2.75) is 13.8 Å². The minimum atomic E-state index is 0.687. The van der Waals surface area contributed by atoms with Crippen molar-refractivity contribution in [2.24, 2.45) is 7.05 Å². The zero-order valence-corrected chi connectivity index (χ0v) is 15.7. The Kier molecular flexibility index (Phi) is 3.83. The SMILES string of the molecule is C=CCNc1nccc2c(C)c3c(c(C)c12)c1cc(OC)ccc1n3C. The molecule has 0 radical (unpaired) electrons. The van der Waals surface area contributed by atoms with Crippen LogP contribution < -0.4 is 10.1 Å². The van der Waals surface area contributed by atoms with Crippen LogP contribution in [0, 0.1) is 13.8 Å². The lowest BCUT2D eigenvalue weighted by Gasteiger charge is -2.14. The van der Waals surface area contributed by atoms with Gasteiger partial charge in [-0.3, -0.25) is 0 Å². The van der Waals surface area contributed by atoms with E-state index in [1.165, 1.54) is 43.7 Å². The number of hydrogen-bond donors (Lipinski definition) is 1. The van der Waals surface area contributed by atoms with Gasteiger partial charge in [0.1, 0.15) is 11.6 Å². The van der Waals surface area contributed by atoms with Gasteiger partial charge in [0, 0.05) is 41.5 Å². The molecule has 4 heteroatoms. The topological polar surface area (TPSA) is 39.1 Å². The van der Waals surface area contributed by atoms with Crippen LogP contribution in [-0.2, 0) is 7.05 Å². The minimum absolute atomic E-state index is 0.687. The van der Waals surface area contributed by atoms with E-state index >= 15 is 0 Å². The summed E-state index contributed by atoms with van der Waals surface area (Å²) in [6, 6.07) is 8.38. The van der Waals surface area contributed by atoms with E-state index in [1.54, 1.807) is 7.11 Å². The summed E-state index contributed by atoms with van der Waals surface area (Å²) in [5, 5.41) is 8.27. The monoisotopic (exact) mass is 345 g/mol. The number of anilines is 1. The molecule has 0 saturated carbocycles. The zero-order chi connectivity index (χ0) is 18.4. The maximum Gasteiger partial charge on any atom is 0.134 e. The van der Waals surface area contributed by atoms with E-state index in [9.17, 15) is 0 Å². The summed E-state index contributed by atoms with van der Waals surface area (Å²) in [4.78, 5) is 4.58. The van der Waals surface area contributed by atoms with E-state index in [-0.39, 0.29) is 0 Å². The van der Waals surface area contributed by atoms with Gasteiger partial charge in [-0.05, 0) is 54.6 Å². The number of aryl methyl sites for hydroxylation is 3. The van der Waals surface area contributed by atoms with Crippen molar-refractivity contribution in [3.63, 3.8) is 0 Å². The molecule has 0 fully saturated rings. The quantitative estimate of drug-likeness (QED) is 0.523. The van der Waals surface area contributed by atoms with E-state index < -0.39 is 0 Å². The molecule has 132 valence electrons. The highest BCUT2D eigenvalue weighted by molar-refractivity contribution is 6.18. The van der Waals surface area contributed by atoms with Crippen molar-refractivity contribution < 1.29 is 4.74 Å². The molecule has 0 bridgehead atoms. The molecule has 0 unspecified atom stereocenters. The number of benzene rings is 2. The minimum Gasteiger partial charge on any atom is -0.497 e. The highest BCUT2D eigenvalue weighted by Crippen LogP contribution is 2.40. The molecule has 2 heterocycles. The van der Waals surface area contributed by atoms with Gasteiger partial charge >= 0.3 is 0 Å². The Morgan fingerprint density at radius 2 is 1.96 bits per heavy atom. The first-order valence-electron chi connectivity index (χ1n) is 8.77. The molecule has 0 saturated heterocycles. The van der Waals surface area contributed by atoms with Crippen LogP contribution in [0.2, 0.25) is 0 Å². The molecule has 0 aliphatic rings. The number of fused-ring (bicyclic) bond motifs is 4. The summed E-state index contributed by atoms with van der Waals surface area (Å²) in [6.45, 7) is 8.86.